The maximum Gasteiger partial charge on any atom is 0.229 e. The zero-order valence-electron chi connectivity index (χ0n) is 9.56. The molecule has 0 saturated carbocycles. The molecule has 2 amide bonds. The molecular weight excluding hydrogens is 220 g/mol. The number of amides is 2. The molecule has 5 heteroatoms. The van der Waals surface area contributed by atoms with Crippen LogP contribution in [0.5, 0.6) is 0 Å². The lowest BCUT2D eigenvalue weighted by Gasteiger charge is -2.17. The van der Waals surface area contributed by atoms with E-state index in [-0.39, 0.29) is 24.8 Å². The van der Waals surface area contributed by atoms with Gasteiger partial charge in [-0.05, 0) is 23.8 Å². The molecule has 0 atom stereocenters. The Labute approximate surface area is 99.0 Å². The van der Waals surface area contributed by atoms with Crippen molar-refractivity contribution in [1.29, 1.82) is 0 Å². The molecule has 2 N–H and O–H groups in total. The topological polar surface area (TPSA) is 69.6 Å². The molecule has 17 heavy (non-hydrogen) atoms. The van der Waals surface area contributed by atoms with Crippen molar-refractivity contribution in [3.05, 3.63) is 23.8 Å². The van der Waals surface area contributed by atoms with E-state index in [1.54, 1.807) is 19.2 Å². The Morgan fingerprint density at radius 3 is 3.00 bits per heavy atom. The van der Waals surface area contributed by atoms with E-state index in [0.29, 0.717) is 6.42 Å². The smallest absolute Gasteiger partial charge is 0.229 e. The summed E-state index contributed by atoms with van der Waals surface area (Å²) in [5.74, 6) is -0.175. The number of nitrogens with zero attached hydrogens (tertiary/aromatic N) is 1. The summed E-state index contributed by atoms with van der Waals surface area (Å²) >= 11 is 0. The summed E-state index contributed by atoms with van der Waals surface area (Å²) in [6.07, 6.45) is 0.454. The van der Waals surface area contributed by atoms with Crippen LogP contribution in [-0.4, -0.2) is 30.6 Å². The standard InChI is InChI=1S/C12H14N2O3/c1-14(12(17)4-5-15)9-2-3-10-8(6-9)7-11(16)13-10/h2-3,6,15H,4-5,7H2,1H3,(H,13,16). The summed E-state index contributed by atoms with van der Waals surface area (Å²) in [5.41, 5.74) is 2.44. The summed E-state index contributed by atoms with van der Waals surface area (Å²) in [6, 6.07) is 5.39. The summed E-state index contributed by atoms with van der Waals surface area (Å²) in [7, 11) is 1.66. The van der Waals surface area contributed by atoms with Crippen molar-refractivity contribution in [2.45, 2.75) is 12.8 Å². The van der Waals surface area contributed by atoms with Gasteiger partial charge in [-0.15, -0.1) is 0 Å². The predicted octanol–water partition coefficient (Wildman–Crippen LogP) is 0.526. The van der Waals surface area contributed by atoms with E-state index >= 15 is 0 Å². The first-order valence-electron chi connectivity index (χ1n) is 5.42. The van der Waals surface area contributed by atoms with E-state index in [1.807, 2.05) is 6.07 Å². The number of anilines is 2. The number of carbonyl (C=O) groups is 2. The fourth-order valence-electron chi connectivity index (χ4n) is 1.83. The number of nitrogens with one attached hydrogen (secondary N) is 1. The molecule has 0 unspecified atom stereocenters. The van der Waals surface area contributed by atoms with E-state index in [2.05, 4.69) is 5.32 Å². The molecule has 0 saturated heterocycles. The first-order chi connectivity index (χ1) is 8.11. The van der Waals surface area contributed by atoms with Crippen molar-refractivity contribution in [3.63, 3.8) is 0 Å². The highest BCUT2D eigenvalue weighted by Gasteiger charge is 2.19. The first-order valence-corrected chi connectivity index (χ1v) is 5.42. The van der Waals surface area contributed by atoms with Crippen LogP contribution in [0.2, 0.25) is 0 Å². The highest BCUT2D eigenvalue weighted by atomic mass is 16.3. The molecule has 1 aliphatic heterocycles. The quantitative estimate of drug-likeness (QED) is 0.801. The minimum atomic E-state index is -0.159. The Morgan fingerprint density at radius 2 is 2.29 bits per heavy atom. The zero-order valence-corrected chi connectivity index (χ0v) is 9.56. The third-order valence-electron chi connectivity index (χ3n) is 2.80. The summed E-state index contributed by atoms with van der Waals surface area (Å²) < 4.78 is 0. The Balaban J connectivity index is 2.21. The lowest BCUT2D eigenvalue weighted by atomic mass is 10.1. The molecule has 0 aromatic heterocycles. The van der Waals surface area contributed by atoms with E-state index in [9.17, 15) is 9.59 Å². The minimum absolute atomic E-state index is 0.0264. The van der Waals surface area contributed by atoms with Gasteiger partial charge in [0.25, 0.3) is 0 Å². The van der Waals surface area contributed by atoms with E-state index in [1.165, 1.54) is 4.90 Å². The molecule has 0 aliphatic carbocycles. The van der Waals surface area contributed by atoms with Gasteiger partial charge in [0.15, 0.2) is 0 Å². The summed E-state index contributed by atoms with van der Waals surface area (Å²) in [5, 5.41) is 11.5. The lowest BCUT2D eigenvalue weighted by Crippen LogP contribution is -2.26. The van der Waals surface area contributed by atoms with Crippen LogP contribution < -0.4 is 10.2 Å². The van der Waals surface area contributed by atoms with Crippen molar-refractivity contribution in [1.82, 2.24) is 0 Å². The number of carbonyl (C=O) groups excluding carboxylic acids is 2. The summed E-state index contributed by atoms with van der Waals surface area (Å²) in [4.78, 5) is 24.3. The second kappa shape index (κ2) is 4.55. The summed E-state index contributed by atoms with van der Waals surface area (Å²) in [6.45, 7) is -0.159. The van der Waals surface area contributed by atoms with Gasteiger partial charge in [0.1, 0.15) is 0 Å². The van der Waals surface area contributed by atoms with Gasteiger partial charge >= 0.3 is 0 Å². The number of benzene rings is 1. The maximum atomic E-state index is 11.6. The van der Waals surface area contributed by atoms with E-state index in [4.69, 9.17) is 5.11 Å². The number of hydrogen-bond donors (Lipinski definition) is 2. The van der Waals surface area contributed by atoms with Crippen molar-refractivity contribution in [3.8, 4) is 0 Å². The van der Waals surface area contributed by atoms with Gasteiger partial charge in [0.05, 0.1) is 19.4 Å². The molecule has 1 aliphatic rings. The average molecular weight is 234 g/mol. The Kier molecular flexibility index (Phi) is 3.10. The number of aliphatic hydroxyl groups is 1. The Morgan fingerprint density at radius 1 is 1.53 bits per heavy atom. The van der Waals surface area contributed by atoms with Gasteiger partial charge in [-0.1, -0.05) is 0 Å². The average Bonchev–Trinajstić information content (AvgIpc) is 2.67. The highest BCUT2D eigenvalue weighted by molar-refractivity contribution is 6.00. The number of rotatable bonds is 3. The minimum Gasteiger partial charge on any atom is -0.396 e. The second-order valence-corrected chi connectivity index (χ2v) is 3.99. The monoisotopic (exact) mass is 234 g/mol. The number of fused-ring (bicyclic) bond motifs is 1. The third-order valence-corrected chi connectivity index (χ3v) is 2.80. The molecule has 1 heterocycles. The second-order valence-electron chi connectivity index (χ2n) is 3.99. The predicted molar refractivity (Wildman–Crippen MR) is 63.9 cm³/mol. The van der Waals surface area contributed by atoms with Gasteiger partial charge in [-0.2, -0.15) is 0 Å². The van der Waals surface area contributed by atoms with Crippen LogP contribution in [-0.2, 0) is 16.0 Å². The van der Waals surface area contributed by atoms with E-state index < -0.39 is 0 Å². The molecule has 5 nitrogen and oxygen atoms in total. The van der Waals surface area contributed by atoms with Crippen molar-refractivity contribution < 1.29 is 14.7 Å². The Hall–Kier alpha value is -1.88. The zero-order chi connectivity index (χ0) is 12.4. The lowest BCUT2D eigenvalue weighted by molar-refractivity contribution is -0.119. The SMILES string of the molecule is CN(C(=O)CCO)c1ccc2c(c1)CC(=O)N2. The van der Waals surface area contributed by atoms with Crippen molar-refractivity contribution in [2.24, 2.45) is 0 Å². The maximum absolute atomic E-state index is 11.6. The van der Waals surface area contributed by atoms with Crippen LogP contribution in [0.1, 0.15) is 12.0 Å². The molecule has 0 fully saturated rings. The van der Waals surface area contributed by atoms with Crippen molar-refractivity contribution in [2.75, 3.05) is 23.9 Å². The van der Waals surface area contributed by atoms with Crippen LogP contribution in [0, 0.1) is 0 Å². The van der Waals surface area contributed by atoms with Gasteiger partial charge < -0.3 is 15.3 Å². The van der Waals surface area contributed by atoms with Crippen LogP contribution >= 0.6 is 0 Å². The fourth-order valence-corrected chi connectivity index (χ4v) is 1.83. The molecular formula is C12H14N2O3. The van der Waals surface area contributed by atoms with Gasteiger partial charge in [-0.25, -0.2) is 0 Å². The number of aliphatic hydroxyl groups excluding tert-OH is 1. The van der Waals surface area contributed by atoms with Gasteiger partial charge in [0.2, 0.25) is 11.8 Å². The number of hydrogen-bond acceptors (Lipinski definition) is 3. The first kappa shape index (κ1) is 11.6. The Bertz CT molecular complexity index is 471. The third kappa shape index (κ3) is 2.29. The van der Waals surface area contributed by atoms with Gasteiger partial charge in [0, 0.05) is 18.4 Å². The molecule has 0 bridgehead atoms. The van der Waals surface area contributed by atoms with Crippen LogP contribution in [0.4, 0.5) is 11.4 Å². The molecule has 90 valence electrons. The van der Waals surface area contributed by atoms with Crippen LogP contribution in [0.15, 0.2) is 18.2 Å². The molecule has 0 spiro atoms. The highest BCUT2D eigenvalue weighted by Crippen LogP contribution is 2.27. The van der Waals surface area contributed by atoms with Crippen molar-refractivity contribution >= 4 is 23.2 Å². The molecule has 1 aromatic rings. The van der Waals surface area contributed by atoms with E-state index in [0.717, 1.165) is 16.9 Å². The van der Waals surface area contributed by atoms with Crippen LogP contribution in [0.25, 0.3) is 0 Å². The molecule has 2 rings (SSSR count). The molecule has 1 aromatic carbocycles. The fraction of sp³-hybridized carbons (Fsp3) is 0.333. The van der Waals surface area contributed by atoms with Gasteiger partial charge in [-0.3, -0.25) is 9.59 Å². The largest absolute Gasteiger partial charge is 0.396 e. The normalized spacial score (nSPS) is 13.2. The molecule has 0 radical (unpaired) electrons. The van der Waals surface area contributed by atoms with Crippen LogP contribution in [0.3, 0.4) is 0 Å².